The summed E-state index contributed by atoms with van der Waals surface area (Å²) >= 11 is 1.54. The van der Waals surface area contributed by atoms with Gasteiger partial charge in [-0.25, -0.2) is 11.6 Å². The van der Waals surface area contributed by atoms with Gasteiger partial charge in [0.15, 0.2) is 0 Å². The van der Waals surface area contributed by atoms with Crippen LogP contribution in [0.5, 0.6) is 0 Å². The zero-order valence-electron chi connectivity index (χ0n) is 30.9. The van der Waals surface area contributed by atoms with Gasteiger partial charge in [0.1, 0.15) is 0 Å². The van der Waals surface area contributed by atoms with E-state index in [4.69, 9.17) is 0 Å². The molecule has 0 saturated heterocycles. The molecule has 4 aromatic carbocycles. The monoisotopic (exact) mass is 752 g/mol. The molecule has 0 aliphatic heterocycles. The Morgan fingerprint density at radius 1 is 0.812 bits per heavy atom. The molecule has 3 heteroatoms. The van der Waals surface area contributed by atoms with Crippen molar-refractivity contribution in [3.63, 3.8) is 0 Å². The maximum atomic E-state index is 3.65. The van der Waals surface area contributed by atoms with Gasteiger partial charge in [-0.1, -0.05) is 97.8 Å². The minimum Gasteiger partial charge on any atom is -1.00 e. The Balaban J connectivity index is 0.000000228. The van der Waals surface area contributed by atoms with E-state index in [0.717, 1.165) is 12.8 Å². The fraction of sp³-hybridized carbons (Fsp3) is 0.378. The van der Waals surface area contributed by atoms with Gasteiger partial charge in [-0.2, -0.15) is 28.8 Å². The van der Waals surface area contributed by atoms with E-state index in [9.17, 15) is 0 Å². The third kappa shape index (κ3) is 8.23. The Hall–Kier alpha value is -2.18. The first-order chi connectivity index (χ1) is 21.6. The van der Waals surface area contributed by atoms with Crippen LogP contribution in [0.15, 0.2) is 78.9 Å². The van der Waals surface area contributed by atoms with Crippen molar-refractivity contribution >= 4 is 14.4 Å². The van der Waals surface area contributed by atoms with Crippen LogP contribution in [0.25, 0.3) is 22.3 Å². The second kappa shape index (κ2) is 15.4. The van der Waals surface area contributed by atoms with Gasteiger partial charge in [0.25, 0.3) is 0 Å². The maximum Gasteiger partial charge on any atom is -0.0543 e. The number of benzene rings is 3. The smallest absolute Gasteiger partial charge is 0.0543 e. The van der Waals surface area contributed by atoms with Gasteiger partial charge in [-0.15, -0.1) is 11.6 Å². The van der Waals surface area contributed by atoms with Gasteiger partial charge in [0, 0.05) is 5.41 Å². The van der Waals surface area contributed by atoms with Crippen molar-refractivity contribution in [1.29, 1.82) is 0 Å². The van der Waals surface area contributed by atoms with E-state index in [2.05, 4.69) is 161 Å². The van der Waals surface area contributed by atoms with E-state index in [1.165, 1.54) is 103 Å². The van der Waals surface area contributed by atoms with Gasteiger partial charge < -0.3 is 24.8 Å². The zero-order chi connectivity index (χ0) is 33.6. The third-order valence-electron chi connectivity index (χ3n) is 10.00. The Labute approximate surface area is 319 Å². The molecule has 0 saturated carbocycles. The van der Waals surface area contributed by atoms with Gasteiger partial charge in [0.05, 0.1) is 0 Å². The van der Waals surface area contributed by atoms with Crippen molar-refractivity contribution in [2.24, 2.45) is 0 Å². The van der Waals surface area contributed by atoms with E-state index >= 15 is 0 Å². The summed E-state index contributed by atoms with van der Waals surface area (Å²) in [6, 6.07) is 27.2. The minimum absolute atomic E-state index is 0. The van der Waals surface area contributed by atoms with E-state index < -0.39 is 0 Å². The molecule has 3 aliphatic rings. The molecule has 0 amide bonds. The van der Waals surface area contributed by atoms with Crippen LogP contribution in [0.1, 0.15) is 133 Å². The number of rotatable bonds is 3. The van der Waals surface area contributed by atoms with Crippen molar-refractivity contribution in [3.05, 3.63) is 135 Å². The average molecular weight is 755 g/mol. The number of fused-ring (bicyclic) bond motifs is 5. The summed E-state index contributed by atoms with van der Waals surface area (Å²) in [6.45, 7) is 24.8. The van der Waals surface area contributed by atoms with E-state index in [1.807, 2.05) is 0 Å². The van der Waals surface area contributed by atoms with E-state index in [0.29, 0.717) is 5.41 Å². The summed E-state index contributed by atoms with van der Waals surface area (Å²) in [5.41, 5.74) is 19.2. The molecule has 0 nitrogen and oxygen atoms in total. The number of hydrogen-bond donors (Lipinski definition) is 0. The molecular formula is C45H52Cl2Zr-2. The molecule has 0 bridgehead atoms. The minimum atomic E-state index is 0. The van der Waals surface area contributed by atoms with E-state index in [1.54, 1.807) is 3.21 Å². The first-order valence-electron chi connectivity index (χ1n) is 17.1. The molecule has 0 spiro atoms. The van der Waals surface area contributed by atoms with Crippen LogP contribution in [-0.4, -0.2) is 3.21 Å². The second-order valence-electron chi connectivity index (χ2n) is 15.5. The number of allylic oxidation sites excluding steroid dienone is 4. The Morgan fingerprint density at radius 3 is 1.92 bits per heavy atom. The predicted octanol–water partition coefficient (Wildman–Crippen LogP) is 5.89. The molecule has 0 radical (unpaired) electrons. The van der Waals surface area contributed by atoms with Crippen molar-refractivity contribution in [1.82, 2.24) is 0 Å². The third-order valence-corrected chi connectivity index (χ3v) is 11.6. The SMILES string of the molecule is CC1=[C-]C(C)(C)c2cc3c(cc21)-c1cc2c(cc1C3)C(C)(C)C=C2C.CC[C](=[Zr+2])c1ccccc1.CCc1cc(C(C)(C)C)c[cH-]1.[Cl-].[Cl-]. The average Bonchev–Trinajstić information content (AvgIpc) is 3.74. The van der Waals surface area contributed by atoms with Crippen LogP contribution >= 0.6 is 0 Å². The molecule has 7 rings (SSSR count). The normalized spacial score (nSPS) is 15.4. The van der Waals surface area contributed by atoms with Crippen LogP contribution in [0.3, 0.4) is 0 Å². The summed E-state index contributed by atoms with van der Waals surface area (Å²) in [7, 11) is 0. The van der Waals surface area contributed by atoms with Gasteiger partial charge in [-0.3, -0.25) is 6.08 Å². The fourth-order valence-corrected chi connectivity index (χ4v) is 7.71. The molecule has 0 N–H and O–H groups in total. The molecule has 4 aromatic rings. The number of hydrogen-bond acceptors (Lipinski definition) is 0. The number of halogens is 2. The van der Waals surface area contributed by atoms with Crippen LogP contribution in [-0.2, 0) is 53.3 Å². The first-order valence-corrected chi connectivity index (χ1v) is 18.3. The fourth-order valence-electron chi connectivity index (χ4n) is 7.30. The van der Waals surface area contributed by atoms with E-state index in [-0.39, 0.29) is 35.6 Å². The Bertz CT molecular complexity index is 1750. The van der Waals surface area contributed by atoms with Crippen molar-refractivity contribution < 1.29 is 49.0 Å². The summed E-state index contributed by atoms with van der Waals surface area (Å²) in [4.78, 5) is 0. The van der Waals surface area contributed by atoms with Gasteiger partial charge >= 0.3 is 76.7 Å². The molecule has 3 aliphatic carbocycles. The van der Waals surface area contributed by atoms with Crippen molar-refractivity contribution in [2.45, 2.75) is 112 Å². The first kappa shape index (κ1) is 40.3. The summed E-state index contributed by atoms with van der Waals surface area (Å²) in [6.07, 6.45) is 9.47. The molecule has 0 fully saturated rings. The summed E-state index contributed by atoms with van der Waals surface area (Å²) < 4.78 is 1.55. The molecule has 0 aromatic heterocycles. The van der Waals surface area contributed by atoms with Gasteiger partial charge in [-0.05, 0) is 58.4 Å². The van der Waals surface area contributed by atoms with Crippen LogP contribution in [0, 0.1) is 6.08 Å². The molecule has 0 unspecified atom stereocenters. The van der Waals surface area contributed by atoms with Crippen LogP contribution in [0.4, 0.5) is 0 Å². The van der Waals surface area contributed by atoms with Crippen molar-refractivity contribution in [3.8, 4) is 11.1 Å². The van der Waals surface area contributed by atoms with Crippen LogP contribution in [0.2, 0.25) is 0 Å². The quantitative estimate of drug-likeness (QED) is 0.202. The molecular weight excluding hydrogens is 703 g/mol. The largest absolute Gasteiger partial charge is 1.00 e. The molecule has 48 heavy (non-hydrogen) atoms. The Morgan fingerprint density at radius 2 is 1.40 bits per heavy atom. The second-order valence-corrected chi connectivity index (χ2v) is 17.0. The molecule has 0 heterocycles. The summed E-state index contributed by atoms with van der Waals surface area (Å²) in [5, 5.41) is 0. The van der Waals surface area contributed by atoms with Crippen LogP contribution < -0.4 is 24.8 Å². The summed E-state index contributed by atoms with van der Waals surface area (Å²) in [5.74, 6) is 0. The van der Waals surface area contributed by atoms with Crippen molar-refractivity contribution in [2.75, 3.05) is 0 Å². The Kier molecular flexibility index (Phi) is 12.9. The number of aryl methyl sites for hydroxylation is 1. The topological polar surface area (TPSA) is 0 Å². The zero-order valence-corrected chi connectivity index (χ0v) is 34.9. The molecule has 0 atom stereocenters. The maximum absolute atomic E-state index is 3.65. The standard InChI is InChI=1S/C25H25.C11H17.C9H10.2ClH.Zr/c1-14-12-24(3,4)22-8-16-7-17-9-23-19(15(2)13-25(23,5)6)11-21(17)20(16)10-18(14)22;1-5-9-6-7-10(8-9)11(2,3)4;1-2-6-9-7-4-3-5-8-9;;;/h8-12H,7H2,1-6H3;6-8H,5H2,1-4H3;3-5,7-8H,2H2,1H3;2*1H;/q2*-1;;;;+2/p-2. The predicted molar refractivity (Wildman–Crippen MR) is 198 cm³/mol. The van der Waals surface area contributed by atoms with Gasteiger partial charge in [0.2, 0.25) is 0 Å². The molecule has 252 valence electrons.